The van der Waals surface area contributed by atoms with Gasteiger partial charge >= 0.3 is 0 Å². The molecule has 0 aliphatic rings. The van der Waals surface area contributed by atoms with Crippen molar-refractivity contribution >= 4 is 22.7 Å². The van der Waals surface area contributed by atoms with E-state index in [1.165, 1.54) is 39.6 Å². The summed E-state index contributed by atoms with van der Waals surface area (Å²) in [6, 6.07) is 26.9. The van der Waals surface area contributed by atoms with Crippen molar-refractivity contribution in [3.05, 3.63) is 107 Å². The van der Waals surface area contributed by atoms with Crippen molar-refractivity contribution in [3.63, 3.8) is 0 Å². The number of rotatable bonds is 7. The van der Waals surface area contributed by atoms with E-state index in [2.05, 4.69) is 90.1 Å². The molecule has 0 aliphatic carbocycles. The zero-order valence-corrected chi connectivity index (χ0v) is 20.8. The van der Waals surface area contributed by atoms with Crippen molar-refractivity contribution in [2.75, 3.05) is 19.4 Å². The fraction of sp³-hybridized carbons (Fsp3) is 0.267. The quantitative estimate of drug-likeness (QED) is 0.305. The zero-order valence-electron chi connectivity index (χ0n) is 20.8. The number of aldehydes is 1. The molecular formula is C30H37N3O. The predicted octanol–water partition coefficient (Wildman–Crippen LogP) is 6.70. The predicted molar refractivity (Wildman–Crippen MR) is 146 cm³/mol. The van der Waals surface area contributed by atoms with E-state index in [-0.39, 0.29) is 0 Å². The van der Waals surface area contributed by atoms with Gasteiger partial charge in [0.05, 0.1) is 0 Å². The van der Waals surface area contributed by atoms with Gasteiger partial charge in [-0.3, -0.25) is 9.78 Å². The number of pyridine rings is 1. The molecule has 4 heteroatoms. The van der Waals surface area contributed by atoms with Crippen molar-refractivity contribution in [2.45, 2.75) is 39.7 Å². The highest BCUT2D eigenvalue weighted by Gasteiger charge is 2.01. The summed E-state index contributed by atoms with van der Waals surface area (Å²) in [6.07, 6.45) is 5.77. The molecule has 0 aliphatic heterocycles. The van der Waals surface area contributed by atoms with Gasteiger partial charge in [-0.1, -0.05) is 80.9 Å². The van der Waals surface area contributed by atoms with Crippen molar-refractivity contribution < 1.29 is 4.79 Å². The number of nitrogens with zero attached hydrogens (tertiary/aromatic N) is 1. The summed E-state index contributed by atoms with van der Waals surface area (Å²) in [5.74, 6) is 0. The molecule has 2 N–H and O–H groups in total. The SMILES string of the molecule is CCCc1ccc(CNC)cc1NC.CCc1cccc2ccccc12.O=Cc1ccccn1. The average Bonchev–Trinajstić information content (AvgIpc) is 2.90. The molecule has 0 atom stereocenters. The van der Waals surface area contributed by atoms with Crippen LogP contribution in [0.5, 0.6) is 0 Å². The number of anilines is 1. The molecule has 0 bridgehead atoms. The van der Waals surface area contributed by atoms with Gasteiger partial charge in [0.1, 0.15) is 5.69 Å². The Balaban J connectivity index is 0.000000187. The number of fused-ring (bicyclic) bond motifs is 1. The van der Waals surface area contributed by atoms with Gasteiger partial charge in [0.15, 0.2) is 6.29 Å². The summed E-state index contributed by atoms with van der Waals surface area (Å²) in [6.45, 7) is 5.34. The number of nitrogens with one attached hydrogen (secondary N) is 2. The van der Waals surface area contributed by atoms with E-state index in [1.807, 2.05) is 14.1 Å². The van der Waals surface area contributed by atoms with Crippen LogP contribution in [0.25, 0.3) is 10.8 Å². The number of carbonyl (C=O) groups excluding carboxylic acids is 1. The number of hydrogen-bond acceptors (Lipinski definition) is 4. The maximum absolute atomic E-state index is 9.94. The summed E-state index contributed by atoms with van der Waals surface area (Å²) >= 11 is 0. The third-order valence-corrected chi connectivity index (χ3v) is 5.41. The molecule has 0 spiro atoms. The van der Waals surface area contributed by atoms with Crippen LogP contribution in [0.15, 0.2) is 85.1 Å². The van der Waals surface area contributed by atoms with Crippen LogP contribution in [0, 0.1) is 0 Å². The zero-order chi connectivity index (χ0) is 24.6. The molecule has 3 aromatic carbocycles. The largest absolute Gasteiger partial charge is 0.388 e. The minimum atomic E-state index is 0.479. The number of hydrogen-bond donors (Lipinski definition) is 2. The van der Waals surface area contributed by atoms with E-state index in [0.29, 0.717) is 5.69 Å². The first-order valence-electron chi connectivity index (χ1n) is 11.9. The first-order valence-corrected chi connectivity index (χ1v) is 11.9. The molecule has 178 valence electrons. The van der Waals surface area contributed by atoms with Crippen molar-refractivity contribution in [2.24, 2.45) is 0 Å². The Morgan fingerprint density at radius 1 is 0.853 bits per heavy atom. The van der Waals surface area contributed by atoms with Crippen molar-refractivity contribution in [3.8, 4) is 0 Å². The Bertz CT molecular complexity index is 1120. The molecule has 4 rings (SSSR count). The highest BCUT2D eigenvalue weighted by Crippen LogP contribution is 2.19. The summed E-state index contributed by atoms with van der Waals surface area (Å²) in [4.78, 5) is 13.7. The molecule has 0 saturated heterocycles. The van der Waals surface area contributed by atoms with Gasteiger partial charge in [-0.2, -0.15) is 0 Å². The van der Waals surface area contributed by atoms with Gasteiger partial charge in [0, 0.05) is 25.5 Å². The van der Waals surface area contributed by atoms with Crippen LogP contribution in [-0.2, 0) is 19.4 Å². The molecule has 0 saturated carbocycles. The molecule has 4 aromatic rings. The average molecular weight is 456 g/mol. The minimum Gasteiger partial charge on any atom is -0.388 e. The Kier molecular flexibility index (Phi) is 12.1. The molecular weight excluding hydrogens is 418 g/mol. The van der Waals surface area contributed by atoms with Crippen LogP contribution >= 0.6 is 0 Å². The number of carbonyl (C=O) groups is 1. The summed E-state index contributed by atoms with van der Waals surface area (Å²) in [7, 11) is 3.96. The summed E-state index contributed by atoms with van der Waals surface area (Å²) < 4.78 is 0. The monoisotopic (exact) mass is 455 g/mol. The summed E-state index contributed by atoms with van der Waals surface area (Å²) in [5.41, 5.74) is 5.92. The molecule has 4 nitrogen and oxygen atoms in total. The van der Waals surface area contributed by atoms with E-state index < -0.39 is 0 Å². The van der Waals surface area contributed by atoms with Gasteiger partial charge in [-0.25, -0.2) is 0 Å². The topological polar surface area (TPSA) is 54.0 Å². The lowest BCUT2D eigenvalue weighted by atomic mass is 10.0. The number of aromatic nitrogens is 1. The van der Waals surface area contributed by atoms with Crippen LogP contribution in [0.3, 0.4) is 0 Å². The maximum atomic E-state index is 9.94. The lowest BCUT2D eigenvalue weighted by Gasteiger charge is -2.10. The molecule has 1 heterocycles. The summed E-state index contributed by atoms with van der Waals surface area (Å²) in [5, 5.41) is 9.15. The highest BCUT2D eigenvalue weighted by atomic mass is 16.1. The third kappa shape index (κ3) is 8.45. The number of benzene rings is 3. The minimum absolute atomic E-state index is 0.479. The van der Waals surface area contributed by atoms with E-state index in [0.717, 1.165) is 25.7 Å². The van der Waals surface area contributed by atoms with Crippen LogP contribution in [0.4, 0.5) is 5.69 Å². The second-order valence-electron chi connectivity index (χ2n) is 7.89. The lowest BCUT2D eigenvalue weighted by molar-refractivity contribution is 0.111. The van der Waals surface area contributed by atoms with Gasteiger partial charge in [0.25, 0.3) is 0 Å². The fourth-order valence-corrected chi connectivity index (χ4v) is 3.70. The third-order valence-electron chi connectivity index (χ3n) is 5.41. The Hall–Kier alpha value is -3.50. The molecule has 34 heavy (non-hydrogen) atoms. The van der Waals surface area contributed by atoms with Gasteiger partial charge in [-0.15, -0.1) is 0 Å². The second-order valence-corrected chi connectivity index (χ2v) is 7.89. The molecule has 0 fully saturated rings. The van der Waals surface area contributed by atoms with Crippen LogP contribution in [0.1, 0.15) is 47.4 Å². The van der Waals surface area contributed by atoms with E-state index in [1.54, 1.807) is 24.4 Å². The first-order chi connectivity index (χ1) is 16.7. The first kappa shape index (κ1) is 26.7. The highest BCUT2D eigenvalue weighted by molar-refractivity contribution is 5.85. The maximum Gasteiger partial charge on any atom is 0.168 e. The molecule has 1 aromatic heterocycles. The van der Waals surface area contributed by atoms with Crippen molar-refractivity contribution in [1.82, 2.24) is 10.3 Å². The van der Waals surface area contributed by atoms with Gasteiger partial charge in [0.2, 0.25) is 0 Å². The second kappa shape index (κ2) is 15.4. The Morgan fingerprint density at radius 2 is 1.62 bits per heavy atom. The Labute approximate surface area is 204 Å². The van der Waals surface area contributed by atoms with Crippen LogP contribution < -0.4 is 10.6 Å². The van der Waals surface area contributed by atoms with E-state index in [9.17, 15) is 4.79 Å². The smallest absolute Gasteiger partial charge is 0.168 e. The van der Waals surface area contributed by atoms with E-state index in [4.69, 9.17) is 0 Å². The Morgan fingerprint density at radius 3 is 2.24 bits per heavy atom. The molecule has 0 unspecified atom stereocenters. The number of aryl methyl sites for hydroxylation is 2. The lowest BCUT2D eigenvalue weighted by Crippen LogP contribution is -2.06. The van der Waals surface area contributed by atoms with Gasteiger partial charge in [-0.05, 0) is 65.6 Å². The van der Waals surface area contributed by atoms with Crippen LogP contribution in [-0.4, -0.2) is 25.4 Å². The van der Waals surface area contributed by atoms with E-state index >= 15 is 0 Å². The molecule has 0 amide bonds. The van der Waals surface area contributed by atoms with Gasteiger partial charge < -0.3 is 10.6 Å². The van der Waals surface area contributed by atoms with Crippen LogP contribution in [0.2, 0.25) is 0 Å². The standard InChI is InChI=1S/C12H20N2.C12H12.C6H5NO/c1-4-5-11-7-6-10(9-13-2)8-12(11)14-3;1-2-10-7-5-8-11-6-3-4-9-12(10)11;8-5-6-3-1-2-4-7-6/h6-8,13-14H,4-5,9H2,1-3H3;3-9H,2H2,1H3;1-5H. The normalized spacial score (nSPS) is 9.88. The van der Waals surface area contributed by atoms with Crippen molar-refractivity contribution in [1.29, 1.82) is 0 Å². The molecule has 0 radical (unpaired) electrons. The fourth-order valence-electron chi connectivity index (χ4n) is 3.70.